The van der Waals surface area contributed by atoms with Crippen LogP contribution >= 0.6 is 11.3 Å². The molecule has 2 aromatic heterocycles. The van der Waals surface area contributed by atoms with E-state index in [-0.39, 0.29) is 6.09 Å². The van der Waals surface area contributed by atoms with Crippen molar-refractivity contribution in [3.05, 3.63) is 58.7 Å². The van der Waals surface area contributed by atoms with E-state index < -0.39 is 0 Å². The standard InChI is InChI=1S/C21H25N5O2S/c1-2-3-12-28-21(27)23-11-10-19-24-14-17(26-19)15-6-8-16(9-7-15)25-20(22)18-5-4-13-29-18/h4-9,13-14H,2-3,10-12H2,1H3,(H2,22,25)(H,23,27)(H,24,26). The van der Waals surface area contributed by atoms with Gasteiger partial charge in [0.25, 0.3) is 0 Å². The van der Waals surface area contributed by atoms with Gasteiger partial charge in [0.1, 0.15) is 11.7 Å². The fourth-order valence-corrected chi connectivity index (χ4v) is 3.24. The fraction of sp³-hybridized carbons (Fsp3) is 0.286. The summed E-state index contributed by atoms with van der Waals surface area (Å²) in [6, 6.07) is 11.7. The Balaban J connectivity index is 1.52. The number of unbranched alkanes of at least 4 members (excludes halogenated alkanes) is 1. The number of ether oxygens (including phenoxy) is 1. The van der Waals surface area contributed by atoms with Crippen LogP contribution in [0.3, 0.4) is 0 Å². The number of alkyl carbamates (subject to hydrolysis) is 1. The summed E-state index contributed by atoms with van der Waals surface area (Å²) in [6.45, 7) is 2.97. The number of hydrogen-bond acceptors (Lipinski definition) is 5. The average molecular weight is 412 g/mol. The molecule has 0 aliphatic carbocycles. The maximum atomic E-state index is 11.5. The Bertz CT molecular complexity index is 932. The zero-order valence-corrected chi connectivity index (χ0v) is 17.2. The number of rotatable bonds is 9. The molecular weight excluding hydrogens is 386 g/mol. The van der Waals surface area contributed by atoms with Crippen LogP contribution in [0, 0.1) is 0 Å². The summed E-state index contributed by atoms with van der Waals surface area (Å²) < 4.78 is 5.06. The molecule has 0 aliphatic heterocycles. The molecule has 2 heterocycles. The minimum atomic E-state index is -0.386. The molecule has 0 fully saturated rings. The first-order valence-electron chi connectivity index (χ1n) is 9.58. The van der Waals surface area contributed by atoms with Crippen molar-refractivity contribution in [2.75, 3.05) is 13.2 Å². The number of nitrogens with zero attached hydrogens (tertiary/aromatic N) is 2. The maximum Gasteiger partial charge on any atom is 0.407 e. The molecule has 0 aliphatic rings. The van der Waals surface area contributed by atoms with Crippen LogP contribution in [0.4, 0.5) is 10.5 Å². The number of thiophene rings is 1. The van der Waals surface area contributed by atoms with Gasteiger partial charge in [-0.15, -0.1) is 11.3 Å². The van der Waals surface area contributed by atoms with Crippen molar-refractivity contribution >= 4 is 29.0 Å². The van der Waals surface area contributed by atoms with E-state index in [1.807, 2.05) is 41.8 Å². The number of carbonyl (C=O) groups is 1. The van der Waals surface area contributed by atoms with Gasteiger partial charge >= 0.3 is 6.09 Å². The largest absolute Gasteiger partial charge is 0.450 e. The summed E-state index contributed by atoms with van der Waals surface area (Å²) in [5.74, 6) is 1.31. The first-order chi connectivity index (χ1) is 14.2. The van der Waals surface area contributed by atoms with Gasteiger partial charge in [0.05, 0.1) is 29.1 Å². The molecule has 3 aromatic rings. The topological polar surface area (TPSA) is 105 Å². The van der Waals surface area contributed by atoms with Gasteiger partial charge < -0.3 is 20.8 Å². The molecule has 0 saturated carbocycles. The van der Waals surface area contributed by atoms with E-state index in [2.05, 4.69) is 27.2 Å². The molecule has 7 nitrogen and oxygen atoms in total. The zero-order valence-electron chi connectivity index (χ0n) is 16.4. The van der Waals surface area contributed by atoms with Gasteiger partial charge in [0.2, 0.25) is 0 Å². The molecule has 1 aromatic carbocycles. The number of amides is 1. The van der Waals surface area contributed by atoms with E-state index in [0.717, 1.165) is 40.5 Å². The predicted octanol–water partition coefficient (Wildman–Crippen LogP) is 4.24. The molecule has 0 radical (unpaired) electrons. The molecule has 0 unspecified atom stereocenters. The molecule has 3 rings (SSSR count). The minimum absolute atomic E-state index is 0.386. The Kier molecular flexibility index (Phi) is 7.40. The summed E-state index contributed by atoms with van der Waals surface area (Å²) in [6.07, 6.45) is 3.87. The number of carbonyl (C=O) groups excluding carboxylic acids is 1. The molecule has 29 heavy (non-hydrogen) atoms. The lowest BCUT2D eigenvalue weighted by molar-refractivity contribution is 0.144. The van der Waals surface area contributed by atoms with E-state index in [9.17, 15) is 4.79 Å². The van der Waals surface area contributed by atoms with Crippen LogP contribution in [0.25, 0.3) is 11.3 Å². The third-order valence-electron chi connectivity index (χ3n) is 4.19. The molecule has 0 atom stereocenters. The highest BCUT2D eigenvalue weighted by Crippen LogP contribution is 2.22. The van der Waals surface area contributed by atoms with Crippen LogP contribution in [0.15, 0.2) is 53.0 Å². The van der Waals surface area contributed by atoms with Crippen LogP contribution in [0.5, 0.6) is 0 Å². The number of aliphatic imine (C=N–C) groups is 1. The maximum absolute atomic E-state index is 11.5. The number of nitrogens with two attached hydrogens (primary N) is 1. The van der Waals surface area contributed by atoms with E-state index in [1.165, 1.54) is 0 Å². The summed E-state index contributed by atoms with van der Waals surface area (Å²) in [7, 11) is 0. The summed E-state index contributed by atoms with van der Waals surface area (Å²) in [5.41, 5.74) is 8.74. The molecule has 152 valence electrons. The van der Waals surface area contributed by atoms with Gasteiger partial charge in [-0.3, -0.25) is 0 Å². The Morgan fingerprint density at radius 2 is 2.14 bits per heavy atom. The van der Waals surface area contributed by atoms with Crippen molar-refractivity contribution in [1.82, 2.24) is 15.3 Å². The number of benzene rings is 1. The molecule has 4 N–H and O–H groups in total. The van der Waals surface area contributed by atoms with E-state index in [4.69, 9.17) is 10.5 Å². The van der Waals surface area contributed by atoms with Gasteiger partial charge in [0.15, 0.2) is 0 Å². The minimum Gasteiger partial charge on any atom is -0.450 e. The summed E-state index contributed by atoms with van der Waals surface area (Å²) in [4.78, 5) is 24.6. The van der Waals surface area contributed by atoms with Crippen LogP contribution in [0.2, 0.25) is 0 Å². The second kappa shape index (κ2) is 10.4. The Morgan fingerprint density at radius 3 is 2.86 bits per heavy atom. The van der Waals surface area contributed by atoms with Crippen molar-refractivity contribution in [2.45, 2.75) is 26.2 Å². The number of amidine groups is 1. The number of H-pyrrole nitrogens is 1. The molecule has 8 heteroatoms. The zero-order chi connectivity index (χ0) is 20.5. The lowest BCUT2D eigenvalue weighted by Crippen LogP contribution is -2.27. The van der Waals surface area contributed by atoms with Crippen molar-refractivity contribution in [3.8, 4) is 11.3 Å². The third-order valence-corrected chi connectivity index (χ3v) is 5.08. The number of nitrogens with one attached hydrogen (secondary N) is 2. The van der Waals surface area contributed by atoms with Gasteiger partial charge in [-0.25, -0.2) is 14.8 Å². The normalized spacial score (nSPS) is 11.4. The highest BCUT2D eigenvalue weighted by Gasteiger charge is 2.06. The first kappa shape index (κ1) is 20.6. The second-order valence-electron chi connectivity index (χ2n) is 6.43. The number of aromatic nitrogens is 2. The Morgan fingerprint density at radius 1 is 1.31 bits per heavy atom. The first-order valence-corrected chi connectivity index (χ1v) is 10.5. The lowest BCUT2D eigenvalue weighted by Gasteiger charge is -2.05. The molecule has 0 spiro atoms. The van der Waals surface area contributed by atoms with Gasteiger partial charge in [-0.1, -0.05) is 31.5 Å². The van der Waals surface area contributed by atoms with Gasteiger partial charge in [-0.05, 0) is 35.6 Å². The summed E-state index contributed by atoms with van der Waals surface area (Å²) >= 11 is 1.56. The van der Waals surface area contributed by atoms with Crippen LogP contribution in [-0.4, -0.2) is 35.0 Å². The fourth-order valence-electron chi connectivity index (χ4n) is 2.61. The molecule has 1 amide bonds. The van der Waals surface area contributed by atoms with Crippen LogP contribution in [0.1, 0.15) is 30.5 Å². The second-order valence-corrected chi connectivity index (χ2v) is 7.38. The van der Waals surface area contributed by atoms with E-state index >= 15 is 0 Å². The van der Waals surface area contributed by atoms with Crippen molar-refractivity contribution in [2.24, 2.45) is 10.7 Å². The SMILES string of the molecule is CCCCOC(=O)NCCc1ncc(-c2ccc(N=C(N)c3cccs3)cc2)[nH]1. The predicted molar refractivity (Wildman–Crippen MR) is 117 cm³/mol. The van der Waals surface area contributed by atoms with Gasteiger partial charge in [0, 0.05) is 13.0 Å². The monoisotopic (exact) mass is 411 g/mol. The number of hydrogen-bond donors (Lipinski definition) is 3. The lowest BCUT2D eigenvalue weighted by atomic mass is 10.1. The summed E-state index contributed by atoms with van der Waals surface area (Å²) in [5, 5.41) is 4.70. The van der Waals surface area contributed by atoms with E-state index in [1.54, 1.807) is 17.5 Å². The van der Waals surface area contributed by atoms with Crippen molar-refractivity contribution < 1.29 is 9.53 Å². The average Bonchev–Trinajstić information content (AvgIpc) is 3.41. The molecule has 0 saturated heterocycles. The van der Waals surface area contributed by atoms with Crippen LogP contribution < -0.4 is 11.1 Å². The molecular formula is C21H25N5O2S. The quantitative estimate of drug-likeness (QED) is 0.278. The van der Waals surface area contributed by atoms with Crippen molar-refractivity contribution in [3.63, 3.8) is 0 Å². The highest BCUT2D eigenvalue weighted by molar-refractivity contribution is 7.12. The van der Waals surface area contributed by atoms with Crippen molar-refractivity contribution in [1.29, 1.82) is 0 Å². The van der Waals surface area contributed by atoms with E-state index in [0.29, 0.717) is 25.4 Å². The Labute approximate surface area is 174 Å². The number of imidazole rings is 1. The smallest absolute Gasteiger partial charge is 0.407 e. The Hall–Kier alpha value is -3.13. The van der Waals surface area contributed by atoms with Gasteiger partial charge in [-0.2, -0.15) is 0 Å². The molecule has 0 bridgehead atoms. The number of aromatic amines is 1. The third kappa shape index (κ3) is 6.18. The van der Waals surface area contributed by atoms with Crippen LogP contribution in [-0.2, 0) is 11.2 Å². The highest BCUT2D eigenvalue weighted by atomic mass is 32.1.